The number of nitrogens with one attached hydrogen (secondary N) is 2. The maximum atomic E-state index is 11.9. The van der Waals surface area contributed by atoms with Gasteiger partial charge in [-0.1, -0.05) is 0 Å². The Labute approximate surface area is 117 Å². The summed E-state index contributed by atoms with van der Waals surface area (Å²) >= 11 is 0. The lowest BCUT2D eigenvalue weighted by Crippen LogP contribution is -2.43. The molecule has 0 radical (unpaired) electrons. The molecule has 0 bridgehead atoms. The molecule has 20 heavy (non-hydrogen) atoms. The molecular formula is C14H19N5O. The molecule has 6 heteroatoms. The molecule has 0 spiro atoms. The largest absolute Gasteiger partial charge is 0.325 e. The van der Waals surface area contributed by atoms with Gasteiger partial charge in [0.05, 0.1) is 18.1 Å². The maximum Gasteiger partial charge on any atom is 0.224 e. The molecule has 1 fully saturated rings. The quantitative estimate of drug-likeness (QED) is 0.886. The number of pyridine rings is 1. The lowest BCUT2D eigenvalue weighted by atomic mass is 9.99. The first kappa shape index (κ1) is 13.1. The summed E-state index contributed by atoms with van der Waals surface area (Å²) in [6.07, 6.45) is 4.05. The van der Waals surface area contributed by atoms with Crippen molar-refractivity contribution in [3.8, 4) is 0 Å². The van der Waals surface area contributed by atoms with Gasteiger partial charge in [-0.2, -0.15) is 5.10 Å². The normalized spacial score (nSPS) is 15.6. The van der Waals surface area contributed by atoms with E-state index in [1.54, 1.807) is 12.4 Å². The van der Waals surface area contributed by atoms with Gasteiger partial charge in [0.25, 0.3) is 0 Å². The molecule has 1 aliphatic heterocycles. The van der Waals surface area contributed by atoms with Gasteiger partial charge in [-0.05, 0) is 38.9 Å². The van der Waals surface area contributed by atoms with Crippen LogP contribution in [-0.2, 0) is 4.79 Å². The fourth-order valence-corrected chi connectivity index (χ4v) is 2.35. The summed E-state index contributed by atoms with van der Waals surface area (Å²) < 4.78 is 1.88. The van der Waals surface area contributed by atoms with Crippen LogP contribution in [0, 0.1) is 5.92 Å². The molecule has 6 nitrogen and oxygen atoms in total. The van der Waals surface area contributed by atoms with Crippen LogP contribution < -0.4 is 10.6 Å². The van der Waals surface area contributed by atoms with Crippen LogP contribution in [0.25, 0.3) is 11.0 Å². The van der Waals surface area contributed by atoms with Crippen molar-refractivity contribution in [3.63, 3.8) is 0 Å². The number of carbonyl (C=O) groups is 1. The second-order valence-electron chi connectivity index (χ2n) is 5.60. The Kier molecular flexibility index (Phi) is 3.40. The minimum Gasteiger partial charge on any atom is -0.325 e. The van der Waals surface area contributed by atoms with E-state index in [4.69, 9.17) is 0 Å². The topological polar surface area (TPSA) is 71.8 Å². The van der Waals surface area contributed by atoms with E-state index in [0.29, 0.717) is 12.3 Å². The van der Waals surface area contributed by atoms with Crippen molar-refractivity contribution in [2.75, 3.05) is 18.4 Å². The van der Waals surface area contributed by atoms with Crippen LogP contribution in [0.1, 0.15) is 26.3 Å². The van der Waals surface area contributed by atoms with Crippen LogP contribution in [0.4, 0.5) is 5.69 Å². The van der Waals surface area contributed by atoms with Crippen LogP contribution in [0.15, 0.2) is 18.5 Å². The van der Waals surface area contributed by atoms with Crippen LogP contribution >= 0.6 is 0 Å². The van der Waals surface area contributed by atoms with Crippen molar-refractivity contribution in [2.45, 2.75) is 26.3 Å². The van der Waals surface area contributed by atoms with Gasteiger partial charge in [0.1, 0.15) is 0 Å². The Morgan fingerprint density at radius 1 is 1.50 bits per heavy atom. The number of hydrogen-bond donors (Lipinski definition) is 2. The third kappa shape index (κ3) is 2.51. The molecule has 0 saturated carbocycles. The van der Waals surface area contributed by atoms with Gasteiger partial charge in [-0.25, -0.2) is 9.67 Å². The van der Waals surface area contributed by atoms with E-state index < -0.39 is 0 Å². The third-order valence-corrected chi connectivity index (χ3v) is 3.55. The van der Waals surface area contributed by atoms with Crippen molar-refractivity contribution in [2.24, 2.45) is 5.92 Å². The summed E-state index contributed by atoms with van der Waals surface area (Å²) in [4.78, 5) is 16.3. The van der Waals surface area contributed by atoms with Gasteiger partial charge in [0.2, 0.25) is 5.91 Å². The van der Waals surface area contributed by atoms with Crippen molar-refractivity contribution in [3.05, 3.63) is 18.5 Å². The Hall–Kier alpha value is -1.95. The lowest BCUT2D eigenvalue weighted by Gasteiger charge is -2.26. The molecule has 0 atom stereocenters. The lowest BCUT2D eigenvalue weighted by molar-refractivity contribution is -0.117. The van der Waals surface area contributed by atoms with Gasteiger partial charge in [-0.3, -0.25) is 4.79 Å². The Morgan fingerprint density at radius 3 is 2.95 bits per heavy atom. The van der Waals surface area contributed by atoms with Gasteiger partial charge >= 0.3 is 0 Å². The molecule has 0 aromatic carbocycles. The summed E-state index contributed by atoms with van der Waals surface area (Å²) in [5, 5.41) is 11.3. The van der Waals surface area contributed by atoms with Gasteiger partial charge in [0, 0.05) is 17.8 Å². The minimum atomic E-state index is 0.0499. The molecule has 1 amide bonds. The predicted octanol–water partition coefficient (Wildman–Crippen LogP) is 1.56. The van der Waals surface area contributed by atoms with Crippen LogP contribution in [-0.4, -0.2) is 33.8 Å². The zero-order chi connectivity index (χ0) is 14.1. The molecule has 2 N–H and O–H groups in total. The van der Waals surface area contributed by atoms with Gasteiger partial charge in [-0.15, -0.1) is 0 Å². The second kappa shape index (κ2) is 5.20. The summed E-state index contributed by atoms with van der Waals surface area (Å²) in [5.74, 6) is 0.518. The number of carbonyl (C=O) groups excluding carboxylic acids is 1. The summed E-state index contributed by atoms with van der Waals surface area (Å²) in [5.41, 5.74) is 1.58. The zero-order valence-electron chi connectivity index (χ0n) is 11.8. The van der Waals surface area contributed by atoms with Crippen LogP contribution in [0.5, 0.6) is 0 Å². The first-order valence-electron chi connectivity index (χ1n) is 6.97. The standard InChI is InChI=1S/C14H19N5O/c1-9(2)19-14-11(7-17-19)4-12(8-16-14)18-13(20)3-10-5-15-6-10/h4,7-10,15H,3,5-6H2,1-2H3,(H,18,20). The van der Waals surface area contributed by atoms with Crippen LogP contribution in [0.2, 0.25) is 0 Å². The highest BCUT2D eigenvalue weighted by Gasteiger charge is 2.20. The Bertz CT molecular complexity index is 630. The monoisotopic (exact) mass is 273 g/mol. The van der Waals surface area contributed by atoms with E-state index in [-0.39, 0.29) is 11.9 Å². The molecule has 0 unspecified atom stereocenters. The second-order valence-corrected chi connectivity index (χ2v) is 5.60. The molecule has 1 saturated heterocycles. The number of nitrogens with zero attached hydrogens (tertiary/aromatic N) is 3. The third-order valence-electron chi connectivity index (χ3n) is 3.55. The predicted molar refractivity (Wildman–Crippen MR) is 77.5 cm³/mol. The van der Waals surface area contributed by atoms with Gasteiger partial charge < -0.3 is 10.6 Å². The SMILES string of the molecule is CC(C)n1ncc2cc(NC(=O)CC3CNC3)cnc21. The Balaban J connectivity index is 1.73. The molecule has 3 heterocycles. The first-order valence-corrected chi connectivity index (χ1v) is 6.97. The van der Waals surface area contributed by atoms with E-state index >= 15 is 0 Å². The van der Waals surface area contributed by atoms with E-state index in [2.05, 4.69) is 34.6 Å². The van der Waals surface area contributed by atoms with E-state index in [1.165, 1.54) is 0 Å². The fourth-order valence-electron chi connectivity index (χ4n) is 2.35. The molecule has 2 aromatic rings. The molecule has 2 aromatic heterocycles. The highest BCUT2D eigenvalue weighted by molar-refractivity contribution is 5.92. The summed E-state index contributed by atoms with van der Waals surface area (Å²) in [7, 11) is 0. The Morgan fingerprint density at radius 2 is 2.30 bits per heavy atom. The molecule has 106 valence electrons. The van der Waals surface area contributed by atoms with Crippen molar-refractivity contribution >= 4 is 22.6 Å². The number of amides is 1. The van der Waals surface area contributed by atoms with E-state index in [1.807, 2.05) is 10.7 Å². The highest BCUT2D eigenvalue weighted by Crippen LogP contribution is 2.19. The molecular weight excluding hydrogens is 254 g/mol. The molecule has 1 aliphatic rings. The average molecular weight is 273 g/mol. The summed E-state index contributed by atoms with van der Waals surface area (Å²) in [6, 6.07) is 2.19. The zero-order valence-corrected chi connectivity index (χ0v) is 11.8. The van der Waals surface area contributed by atoms with Crippen LogP contribution in [0.3, 0.4) is 0 Å². The average Bonchev–Trinajstić information content (AvgIpc) is 2.77. The fraction of sp³-hybridized carbons (Fsp3) is 0.500. The van der Waals surface area contributed by atoms with Gasteiger partial charge in [0.15, 0.2) is 5.65 Å². The number of hydrogen-bond acceptors (Lipinski definition) is 4. The molecule has 3 rings (SSSR count). The smallest absolute Gasteiger partial charge is 0.224 e. The number of aromatic nitrogens is 3. The number of anilines is 1. The number of rotatable bonds is 4. The molecule has 0 aliphatic carbocycles. The summed E-state index contributed by atoms with van der Waals surface area (Å²) in [6.45, 7) is 6.00. The minimum absolute atomic E-state index is 0.0499. The van der Waals surface area contributed by atoms with Crippen molar-refractivity contribution in [1.29, 1.82) is 0 Å². The van der Waals surface area contributed by atoms with Crippen molar-refractivity contribution in [1.82, 2.24) is 20.1 Å². The maximum absolute atomic E-state index is 11.9. The first-order chi connectivity index (χ1) is 9.63. The van der Waals surface area contributed by atoms with E-state index in [0.717, 1.165) is 29.8 Å². The number of fused-ring (bicyclic) bond motifs is 1. The van der Waals surface area contributed by atoms with E-state index in [9.17, 15) is 4.79 Å². The van der Waals surface area contributed by atoms with Crippen molar-refractivity contribution < 1.29 is 4.79 Å². The highest BCUT2D eigenvalue weighted by atomic mass is 16.1.